The molecule has 1 atom stereocenters. The molecule has 0 unspecified atom stereocenters. The average Bonchev–Trinajstić information content (AvgIpc) is 3.20. The molecule has 126 valence electrons. The lowest BCUT2D eigenvalue weighted by molar-refractivity contribution is 0.0537. The first kappa shape index (κ1) is 16.3. The molecule has 0 fully saturated rings. The zero-order valence-electron chi connectivity index (χ0n) is 13.8. The Hall–Kier alpha value is -2.60. The topological polar surface area (TPSA) is 71.0 Å². The second-order valence-corrected chi connectivity index (χ2v) is 5.73. The molecular formula is C18H21N3O3. The number of carbonyl (C=O) groups excluding carboxylic acids is 1. The molecule has 1 N–H and O–H groups in total. The second-order valence-electron chi connectivity index (χ2n) is 5.73. The fourth-order valence-corrected chi connectivity index (χ4v) is 2.89. The molecule has 0 bridgehead atoms. The van der Waals surface area contributed by atoms with Crippen LogP contribution in [0.3, 0.4) is 0 Å². The van der Waals surface area contributed by atoms with Gasteiger partial charge in [0.2, 0.25) is 0 Å². The van der Waals surface area contributed by atoms with Gasteiger partial charge in [0.05, 0.1) is 31.2 Å². The van der Waals surface area contributed by atoms with Crippen molar-refractivity contribution in [2.45, 2.75) is 32.9 Å². The van der Waals surface area contributed by atoms with Gasteiger partial charge in [0, 0.05) is 6.20 Å². The summed E-state index contributed by atoms with van der Waals surface area (Å²) in [6.45, 7) is 3.99. The molecular weight excluding hydrogens is 306 g/mol. The number of furan rings is 1. The van der Waals surface area contributed by atoms with Crippen LogP contribution in [0.5, 0.6) is 0 Å². The lowest BCUT2D eigenvalue weighted by Crippen LogP contribution is -2.42. The molecule has 1 amide bonds. The Kier molecular flexibility index (Phi) is 4.66. The van der Waals surface area contributed by atoms with Crippen LogP contribution >= 0.6 is 0 Å². The van der Waals surface area contributed by atoms with Gasteiger partial charge in [-0.1, -0.05) is 13.0 Å². The first-order valence-corrected chi connectivity index (χ1v) is 8.03. The fourth-order valence-electron chi connectivity index (χ4n) is 2.89. The predicted molar refractivity (Wildman–Crippen MR) is 89.7 cm³/mol. The molecule has 0 saturated carbocycles. The number of carbonyl (C=O) groups is 1. The van der Waals surface area contributed by atoms with E-state index in [4.69, 9.17) is 4.42 Å². The number of nitrogens with zero attached hydrogens (tertiary/aromatic N) is 3. The SMILES string of the molecule is CC[C@@H](CO)N(Cc1ccco1)C(=O)c1c(C)nc2ccccn12. The van der Waals surface area contributed by atoms with Crippen molar-refractivity contribution in [2.24, 2.45) is 0 Å². The second kappa shape index (κ2) is 6.88. The van der Waals surface area contributed by atoms with E-state index < -0.39 is 0 Å². The van der Waals surface area contributed by atoms with Crippen molar-refractivity contribution < 1.29 is 14.3 Å². The number of aromatic nitrogens is 2. The summed E-state index contributed by atoms with van der Waals surface area (Å²) >= 11 is 0. The number of rotatable bonds is 6. The van der Waals surface area contributed by atoms with E-state index in [0.29, 0.717) is 30.1 Å². The van der Waals surface area contributed by atoms with E-state index in [2.05, 4.69) is 4.98 Å². The van der Waals surface area contributed by atoms with Crippen LogP contribution in [0.15, 0.2) is 47.2 Å². The summed E-state index contributed by atoms with van der Waals surface area (Å²) in [6.07, 6.45) is 4.06. The largest absolute Gasteiger partial charge is 0.467 e. The normalized spacial score (nSPS) is 12.5. The molecule has 24 heavy (non-hydrogen) atoms. The summed E-state index contributed by atoms with van der Waals surface area (Å²) in [5.74, 6) is 0.519. The van der Waals surface area contributed by atoms with Crippen LogP contribution in [0.25, 0.3) is 5.65 Å². The van der Waals surface area contributed by atoms with E-state index in [1.54, 1.807) is 21.6 Å². The first-order chi connectivity index (χ1) is 11.7. The summed E-state index contributed by atoms with van der Waals surface area (Å²) in [5.41, 5.74) is 1.92. The number of aliphatic hydroxyl groups excluding tert-OH is 1. The number of fused-ring (bicyclic) bond motifs is 1. The Bertz CT molecular complexity index is 819. The quantitative estimate of drug-likeness (QED) is 0.755. The Morgan fingerprint density at radius 3 is 2.88 bits per heavy atom. The van der Waals surface area contributed by atoms with Crippen LogP contribution in [0.2, 0.25) is 0 Å². The molecule has 0 aromatic carbocycles. The Morgan fingerprint density at radius 2 is 2.21 bits per heavy atom. The number of amides is 1. The predicted octanol–water partition coefficient (Wildman–Crippen LogP) is 2.65. The summed E-state index contributed by atoms with van der Waals surface area (Å²) < 4.78 is 7.18. The monoisotopic (exact) mass is 327 g/mol. The minimum absolute atomic E-state index is 0.0985. The van der Waals surface area contributed by atoms with E-state index in [1.165, 1.54) is 0 Å². The molecule has 6 nitrogen and oxygen atoms in total. The minimum Gasteiger partial charge on any atom is -0.467 e. The number of aryl methyl sites for hydroxylation is 1. The van der Waals surface area contributed by atoms with Crippen LogP contribution in [0.4, 0.5) is 0 Å². The maximum Gasteiger partial charge on any atom is 0.273 e. The van der Waals surface area contributed by atoms with Crippen molar-refractivity contribution in [1.82, 2.24) is 14.3 Å². The van der Waals surface area contributed by atoms with Gasteiger partial charge in [0.25, 0.3) is 5.91 Å². The Labute approximate surface area is 140 Å². The Morgan fingerprint density at radius 1 is 1.38 bits per heavy atom. The summed E-state index contributed by atoms with van der Waals surface area (Å²) in [5, 5.41) is 9.71. The lowest BCUT2D eigenvalue weighted by atomic mass is 10.1. The highest BCUT2D eigenvalue weighted by molar-refractivity contribution is 5.94. The molecule has 0 saturated heterocycles. The van der Waals surface area contributed by atoms with E-state index >= 15 is 0 Å². The molecule has 0 aliphatic rings. The van der Waals surface area contributed by atoms with Gasteiger partial charge in [-0.25, -0.2) is 4.98 Å². The zero-order chi connectivity index (χ0) is 17.1. The van der Waals surface area contributed by atoms with Gasteiger partial charge < -0.3 is 14.4 Å². The number of pyridine rings is 1. The van der Waals surface area contributed by atoms with E-state index in [1.807, 2.05) is 44.3 Å². The molecule has 3 rings (SSSR count). The van der Waals surface area contributed by atoms with Crippen LogP contribution in [0, 0.1) is 6.92 Å². The highest BCUT2D eigenvalue weighted by atomic mass is 16.3. The van der Waals surface area contributed by atoms with Crippen molar-refractivity contribution in [3.05, 3.63) is 59.9 Å². The number of hydrogen-bond donors (Lipinski definition) is 1. The lowest BCUT2D eigenvalue weighted by Gasteiger charge is -2.29. The van der Waals surface area contributed by atoms with Gasteiger partial charge in [0.1, 0.15) is 17.1 Å². The summed E-state index contributed by atoms with van der Waals surface area (Å²) in [7, 11) is 0. The van der Waals surface area contributed by atoms with Crippen molar-refractivity contribution >= 4 is 11.6 Å². The van der Waals surface area contributed by atoms with Crippen LogP contribution < -0.4 is 0 Å². The third kappa shape index (κ3) is 2.92. The van der Waals surface area contributed by atoms with Crippen LogP contribution in [-0.2, 0) is 6.54 Å². The van der Waals surface area contributed by atoms with Crippen molar-refractivity contribution in [3.63, 3.8) is 0 Å². The molecule has 3 heterocycles. The number of imidazole rings is 1. The third-order valence-electron chi connectivity index (χ3n) is 4.20. The Balaban J connectivity index is 2.02. The van der Waals surface area contributed by atoms with E-state index in [0.717, 1.165) is 5.65 Å². The maximum absolute atomic E-state index is 13.2. The van der Waals surface area contributed by atoms with Gasteiger partial charge >= 0.3 is 0 Å². The number of aliphatic hydroxyl groups is 1. The molecule has 3 aromatic heterocycles. The van der Waals surface area contributed by atoms with Gasteiger partial charge in [0.15, 0.2) is 0 Å². The van der Waals surface area contributed by atoms with Gasteiger partial charge in [-0.3, -0.25) is 9.20 Å². The summed E-state index contributed by atoms with van der Waals surface area (Å²) in [4.78, 5) is 19.3. The van der Waals surface area contributed by atoms with E-state index in [-0.39, 0.29) is 18.6 Å². The first-order valence-electron chi connectivity index (χ1n) is 8.03. The van der Waals surface area contributed by atoms with Gasteiger partial charge in [-0.05, 0) is 37.6 Å². The van der Waals surface area contributed by atoms with Crippen molar-refractivity contribution in [3.8, 4) is 0 Å². The molecule has 0 aliphatic carbocycles. The molecule has 6 heteroatoms. The fraction of sp³-hybridized carbons (Fsp3) is 0.333. The van der Waals surface area contributed by atoms with Crippen LogP contribution in [-0.4, -0.2) is 37.9 Å². The molecule has 0 radical (unpaired) electrons. The highest BCUT2D eigenvalue weighted by Crippen LogP contribution is 2.19. The molecule has 3 aromatic rings. The average molecular weight is 327 g/mol. The van der Waals surface area contributed by atoms with E-state index in [9.17, 15) is 9.90 Å². The number of hydrogen-bond acceptors (Lipinski definition) is 4. The zero-order valence-corrected chi connectivity index (χ0v) is 13.8. The molecule has 0 spiro atoms. The van der Waals surface area contributed by atoms with Crippen LogP contribution in [0.1, 0.15) is 35.3 Å². The maximum atomic E-state index is 13.2. The van der Waals surface area contributed by atoms with Gasteiger partial charge in [-0.2, -0.15) is 0 Å². The minimum atomic E-state index is -0.281. The third-order valence-corrected chi connectivity index (χ3v) is 4.20. The molecule has 0 aliphatic heterocycles. The van der Waals surface area contributed by atoms with Crippen molar-refractivity contribution in [2.75, 3.05) is 6.61 Å². The summed E-state index contributed by atoms with van der Waals surface area (Å²) in [6, 6.07) is 8.95. The standard InChI is InChI=1S/C18H21N3O3/c1-3-14(12-22)21(11-15-7-6-10-24-15)18(23)17-13(2)19-16-8-4-5-9-20(16)17/h4-10,14,22H,3,11-12H2,1-2H3/t14-/m0/s1. The van der Waals surface area contributed by atoms with Gasteiger partial charge in [-0.15, -0.1) is 0 Å². The van der Waals surface area contributed by atoms with Crippen molar-refractivity contribution in [1.29, 1.82) is 0 Å². The highest BCUT2D eigenvalue weighted by Gasteiger charge is 2.28. The smallest absolute Gasteiger partial charge is 0.273 e.